The molecule has 3 unspecified atom stereocenters. The highest BCUT2D eigenvalue weighted by Gasteiger charge is 2.49. The van der Waals surface area contributed by atoms with Crippen LogP contribution in [0.4, 0.5) is 0 Å². The van der Waals surface area contributed by atoms with Crippen LogP contribution in [0.3, 0.4) is 0 Å². The monoisotopic (exact) mass is 214 g/mol. The molecule has 5 nitrogen and oxygen atoms in total. The lowest BCUT2D eigenvalue weighted by molar-refractivity contribution is -0.318. The van der Waals surface area contributed by atoms with Gasteiger partial charge < -0.3 is 18.9 Å². The summed E-state index contributed by atoms with van der Waals surface area (Å²) < 4.78 is 21.2. The van der Waals surface area contributed by atoms with Gasteiger partial charge in [-0.1, -0.05) is 0 Å². The normalized spacial score (nSPS) is 38.7. The van der Waals surface area contributed by atoms with Crippen LogP contribution in [-0.2, 0) is 23.7 Å². The van der Waals surface area contributed by atoms with Crippen molar-refractivity contribution in [1.29, 1.82) is 0 Å². The van der Waals surface area contributed by atoms with E-state index in [0.29, 0.717) is 12.2 Å². The number of rotatable bonds is 2. The third-order valence-corrected chi connectivity index (χ3v) is 2.51. The lowest BCUT2D eigenvalue weighted by Crippen LogP contribution is -2.29. The first-order chi connectivity index (χ1) is 7.04. The largest absolute Gasteiger partial charge is 0.429 e. The molecule has 15 heavy (non-hydrogen) atoms. The molecule has 0 spiro atoms. The molecule has 0 aromatic rings. The van der Waals surface area contributed by atoms with Gasteiger partial charge in [0.1, 0.15) is 18.0 Å². The van der Waals surface area contributed by atoms with E-state index < -0.39 is 5.97 Å². The van der Waals surface area contributed by atoms with E-state index in [1.807, 2.05) is 6.08 Å². The van der Waals surface area contributed by atoms with Gasteiger partial charge in [0.15, 0.2) is 0 Å². The van der Waals surface area contributed by atoms with E-state index in [2.05, 4.69) is 0 Å². The van der Waals surface area contributed by atoms with Crippen molar-refractivity contribution in [3.8, 4) is 0 Å². The number of carbonyl (C=O) groups excluding carboxylic acids is 1. The van der Waals surface area contributed by atoms with E-state index in [1.165, 1.54) is 14.0 Å². The van der Waals surface area contributed by atoms with Gasteiger partial charge >= 0.3 is 5.97 Å². The van der Waals surface area contributed by atoms with Crippen molar-refractivity contribution >= 4 is 5.97 Å². The number of ether oxygens (including phenoxy) is 4. The zero-order valence-electron chi connectivity index (χ0n) is 8.98. The Bertz CT molecular complexity index is 311. The molecule has 0 aromatic carbocycles. The summed E-state index contributed by atoms with van der Waals surface area (Å²) in [7, 11) is 1.51. The Morgan fingerprint density at radius 3 is 2.93 bits per heavy atom. The third kappa shape index (κ3) is 1.90. The summed E-state index contributed by atoms with van der Waals surface area (Å²) in [5, 5.41) is 0. The summed E-state index contributed by atoms with van der Waals surface area (Å²) in [5.74, 6) is -0.862. The molecule has 0 radical (unpaired) electrons. The van der Waals surface area contributed by atoms with Crippen molar-refractivity contribution in [2.24, 2.45) is 0 Å². The summed E-state index contributed by atoms with van der Waals surface area (Å²) in [4.78, 5) is 10.8. The summed E-state index contributed by atoms with van der Waals surface area (Å²) in [6, 6.07) is 0. The van der Waals surface area contributed by atoms with Crippen LogP contribution in [0.15, 0.2) is 11.8 Å². The van der Waals surface area contributed by atoms with Crippen LogP contribution in [0.1, 0.15) is 20.3 Å². The molecule has 1 fully saturated rings. The molecule has 0 amide bonds. The van der Waals surface area contributed by atoms with Gasteiger partial charge in [-0.05, 0) is 12.5 Å². The molecule has 1 aliphatic heterocycles. The number of esters is 1. The molecule has 5 heteroatoms. The number of fused-ring (bicyclic) bond motifs is 1. The van der Waals surface area contributed by atoms with Crippen LogP contribution in [0.25, 0.3) is 0 Å². The van der Waals surface area contributed by atoms with Crippen LogP contribution >= 0.6 is 0 Å². The fourth-order valence-corrected chi connectivity index (χ4v) is 1.79. The maximum absolute atomic E-state index is 10.8. The van der Waals surface area contributed by atoms with Crippen LogP contribution in [-0.4, -0.2) is 31.3 Å². The Kier molecular flexibility index (Phi) is 2.54. The van der Waals surface area contributed by atoms with Gasteiger partial charge in [0.05, 0.1) is 0 Å². The van der Waals surface area contributed by atoms with E-state index in [0.717, 1.165) is 0 Å². The summed E-state index contributed by atoms with van der Waals surface area (Å²) in [5.41, 5.74) is 0. The second-order valence-electron chi connectivity index (χ2n) is 3.70. The molecule has 2 rings (SSSR count). The minimum atomic E-state index is -1.03. The van der Waals surface area contributed by atoms with Gasteiger partial charge in [-0.2, -0.15) is 0 Å². The van der Waals surface area contributed by atoms with Crippen molar-refractivity contribution in [3.63, 3.8) is 0 Å². The molecule has 0 bridgehead atoms. The van der Waals surface area contributed by atoms with E-state index in [4.69, 9.17) is 18.9 Å². The summed E-state index contributed by atoms with van der Waals surface area (Å²) in [6.45, 7) is 3.05. The molecule has 3 atom stereocenters. The smallest absolute Gasteiger partial charge is 0.307 e. The molecule has 0 aromatic heterocycles. The molecule has 0 saturated carbocycles. The minimum absolute atomic E-state index is 0.121. The summed E-state index contributed by atoms with van der Waals surface area (Å²) >= 11 is 0. The van der Waals surface area contributed by atoms with Gasteiger partial charge in [-0.25, -0.2) is 0 Å². The first kappa shape index (κ1) is 10.6. The number of carbonyl (C=O) groups is 1. The lowest BCUT2D eigenvalue weighted by Gasteiger charge is -2.21. The first-order valence-corrected chi connectivity index (χ1v) is 4.83. The fourth-order valence-electron chi connectivity index (χ4n) is 1.79. The van der Waals surface area contributed by atoms with Gasteiger partial charge in [0.25, 0.3) is 5.97 Å². The molecule has 2 aliphatic rings. The van der Waals surface area contributed by atoms with Crippen molar-refractivity contribution < 1.29 is 23.7 Å². The third-order valence-electron chi connectivity index (χ3n) is 2.51. The Morgan fingerprint density at radius 2 is 2.33 bits per heavy atom. The average molecular weight is 214 g/mol. The Labute approximate surface area is 87.9 Å². The van der Waals surface area contributed by atoms with E-state index >= 15 is 0 Å². The van der Waals surface area contributed by atoms with Crippen molar-refractivity contribution in [2.45, 2.75) is 38.4 Å². The van der Waals surface area contributed by atoms with Gasteiger partial charge in [0, 0.05) is 21.0 Å². The van der Waals surface area contributed by atoms with Crippen molar-refractivity contribution in [1.82, 2.24) is 0 Å². The number of hydrogen-bond donors (Lipinski definition) is 0. The van der Waals surface area contributed by atoms with Gasteiger partial charge in [-0.3, -0.25) is 4.79 Å². The molecule has 1 heterocycles. The maximum atomic E-state index is 10.8. The fraction of sp³-hybridized carbons (Fsp3) is 0.700. The Balaban J connectivity index is 2.06. The lowest BCUT2D eigenvalue weighted by atomic mass is 10.2. The quantitative estimate of drug-likeness (QED) is 0.640. The van der Waals surface area contributed by atoms with Crippen LogP contribution < -0.4 is 0 Å². The standard InChI is InChI=1S/C10H14O5/c1-6(11)13-7-4-5-8-9(7)15-10(2,12-3)14-8/h4,8-9H,5H2,1-3H3. The molecule has 84 valence electrons. The number of methoxy groups -OCH3 is 1. The predicted molar refractivity (Wildman–Crippen MR) is 49.6 cm³/mol. The molecular weight excluding hydrogens is 200 g/mol. The SMILES string of the molecule is COC1(C)OC2CC=C(OC(C)=O)C2O1. The second kappa shape index (κ2) is 3.59. The van der Waals surface area contributed by atoms with Crippen LogP contribution in [0, 0.1) is 0 Å². The second-order valence-corrected chi connectivity index (χ2v) is 3.70. The average Bonchev–Trinajstić information content (AvgIpc) is 2.65. The van der Waals surface area contributed by atoms with E-state index in [1.54, 1.807) is 6.92 Å². The highest BCUT2D eigenvalue weighted by molar-refractivity contribution is 5.67. The Morgan fingerprint density at radius 1 is 1.60 bits per heavy atom. The zero-order valence-corrected chi connectivity index (χ0v) is 8.98. The van der Waals surface area contributed by atoms with Crippen LogP contribution in [0.5, 0.6) is 0 Å². The van der Waals surface area contributed by atoms with Gasteiger partial charge in [0.2, 0.25) is 0 Å². The molecule has 1 aliphatic carbocycles. The van der Waals surface area contributed by atoms with Crippen LogP contribution in [0.2, 0.25) is 0 Å². The predicted octanol–water partition coefficient (Wildman–Crippen LogP) is 0.941. The molecule has 1 saturated heterocycles. The highest BCUT2D eigenvalue weighted by atomic mass is 16.9. The molecule has 0 N–H and O–H groups in total. The topological polar surface area (TPSA) is 54.0 Å². The van der Waals surface area contributed by atoms with E-state index in [-0.39, 0.29) is 18.2 Å². The number of hydrogen-bond acceptors (Lipinski definition) is 5. The van der Waals surface area contributed by atoms with Gasteiger partial charge in [-0.15, -0.1) is 0 Å². The van der Waals surface area contributed by atoms with Crippen molar-refractivity contribution in [2.75, 3.05) is 7.11 Å². The first-order valence-electron chi connectivity index (χ1n) is 4.83. The maximum Gasteiger partial charge on any atom is 0.307 e. The van der Waals surface area contributed by atoms with E-state index in [9.17, 15) is 4.79 Å². The summed E-state index contributed by atoms with van der Waals surface area (Å²) in [6.07, 6.45) is 2.03. The zero-order chi connectivity index (χ0) is 11.1. The Hall–Kier alpha value is -0.910. The minimum Gasteiger partial charge on any atom is -0.429 e. The molecular formula is C10H14O5. The van der Waals surface area contributed by atoms with Crippen molar-refractivity contribution in [3.05, 3.63) is 11.8 Å². The highest BCUT2D eigenvalue weighted by Crippen LogP contribution is 2.38.